The zero-order chi connectivity index (χ0) is 17.6. The van der Waals surface area contributed by atoms with Crippen molar-refractivity contribution in [1.29, 1.82) is 0 Å². The number of nitrogens with one attached hydrogen (secondary N) is 2. The van der Waals surface area contributed by atoms with E-state index in [1.807, 2.05) is 6.07 Å². The third kappa shape index (κ3) is 6.04. The van der Waals surface area contributed by atoms with Crippen LogP contribution in [0.4, 0.5) is 5.69 Å². The summed E-state index contributed by atoms with van der Waals surface area (Å²) in [7, 11) is -3.36. The molecule has 0 fully saturated rings. The number of carbonyl (C=O) groups excluding carboxylic acids is 1. The highest BCUT2D eigenvalue weighted by Crippen LogP contribution is 2.12. The lowest BCUT2D eigenvalue weighted by Gasteiger charge is -2.08. The van der Waals surface area contributed by atoms with Gasteiger partial charge in [-0.15, -0.1) is 0 Å². The summed E-state index contributed by atoms with van der Waals surface area (Å²) in [5.74, 6) is -0.212. The summed E-state index contributed by atoms with van der Waals surface area (Å²) in [6, 6.07) is 14.7. The molecule has 0 heterocycles. The Labute approximate surface area is 143 Å². The van der Waals surface area contributed by atoms with Crippen LogP contribution in [0.5, 0.6) is 0 Å². The molecule has 0 atom stereocenters. The Morgan fingerprint density at radius 3 is 2.54 bits per heavy atom. The highest BCUT2D eigenvalue weighted by Gasteiger charge is 2.08. The number of rotatable bonds is 7. The maximum atomic E-state index is 12.1. The predicted molar refractivity (Wildman–Crippen MR) is 96.7 cm³/mol. The topological polar surface area (TPSA) is 75.3 Å². The van der Waals surface area contributed by atoms with Crippen molar-refractivity contribution in [3.05, 3.63) is 65.2 Å². The van der Waals surface area contributed by atoms with Crippen LogP contribution in [0.3, 0.4) is 0 Å². The van der Waals surface area contributed by atoms with Gasteiger partial charge in [-0.3, -0.25) is 9.52 Å². The summed E-state index contributed by atoms with van der Waals surface area (Å²) in [5.41, 5.74) is 3.29. The van der Waals surface area contributed by atoms with Crippen molar-refractivity contribution < 1.29 is 13.2 Å². The highest BCUT2D eigenvalue weighted by atomic mass is 32.2. The van der Waals surface area contributed by atoms with Gasteiger partial charge in [-0.2, -0.15) is 0 Å². The molecule has 0 aliphatic rings. The van der Waals surface area contributed by atoms with E-state index < -0.39 is 10.0 Å². The zero-order valence-electron chi connectivity index (χ0n) is 13.9. The van der Waals surface area contributed by atoms with E-state index in [-0.39, 0.29) is 5.91 Å². The fraction of sp³-hybridized carbons (Fsp3) is 0.278. The molecular formula is C18H22N2O3S. The highest BCUT2D eigenvalue weighted by molar-refractivity contribution is 7.92. The molecule has 6 heteroatoms. The quantitative estimate of drug-likeness (QED) is 0.757. The van der Waals surface area contributed by atoms with Crippen LogP contribution in [0.25, 0.3) is 0 Å². The second-order valence-corrected chi connectivity index (χ2v) is 7.55. The molecule has 0 aliphatic carbocycles. The number of amides is 1. The van der Waals surface area contributed by atoms with Crippen LogP contribution in [-0.2, 0) is 16.4 Å². The van der Waals surface area contributed by atoms with Crippen molar-refractivity contribution in [3.8, 4) is 0 Å². The van der Waals surface area contributed by atoms with E-state index in [0.717, 1.165) is 19.1 Å². The number of anilines is 1. The Morgan fingerprint density at radius 1 is 1.08 bits per heavy atom. The van der Waals surface area contributed by atoms with Gasteiger partial charge in [-0.05, 0) is 43.5 Å². The fourth-order valence-electron chi connectivity index (χ4n) is 2.40. The van der Waals surface area contributed by atoms with Crippen molar-refractivity contribution in [2.24, 2.45) is 0 Å². The second kappa shape index (κ2) is 7.97. The molecule has 0 spiro atoms. The Balaban J connectivity index is 1.85. The molecule has 2 aromatic rings. The molecule has 5 nitrogen and oxygen atoms in total. The van der Waals surface area contributed by atoms with Crippen LogP contribution in [0, 0.1) is 6.92 Å². The molecule has 2 N–H and O–H groups in total. The molecule has 128 valence electrons. The minimum atomic E-state index is -3.36. The number of aryl methyl sites for hydroxylation is 2. The van der Waals surface area contributed by atoms with Gasteiger partial charge in [-0.1, -0.05) is 35.9 Å². The lowest BCUT2D eigenvalue weighted by atomic mass is 10.1. The van der Waals surface area contributed by atoms with Crippen LogP contribution in [0.15, 0.2) is 48.5 Å². The predicted octanol–water partition coefficient (Wildman–Crippen LogP) is 2.73. The Bertz CT molecular complexity index is 817. The molecule has 0 saturated heterocycles. The summed E-state index contributed by atoms with van der Waals surface area (Å²) < 4.78 is 24.8. The van der Waals surface area contributed by atoms with Gasteiger partial charge in [0.2, 0.25) is 10.0 Å². The van der Waals surface area contributed by atoms with E-state index in [0.29, 0.717) is 17.8 Å². The zero-order valence-corrected chi connectivity index (χ0v) is 14.7. The first-order valence-electron chi connectivity index (χ1n) is 7.75. The summed E-state index contributed by atoms with van der Waals surface area (Å²) in [6.07, 6.45) is 2.82. The van der Waals surface area contributed by atoms with Gasteiger partial charge in [0.25, 0.3) is 5.91 Å². The smallest absolute Gasteiger partial charge is 0.251 e. The van der Waals surface area contributed by atoms with Crippen LogP contribution in [-0.4, -0.2) is 27.1 Å². The molecule has 24 heavy (non-hydrogen) atoms. The molecule has 2 rings (SSSR count). The normalized spacial score (nSPS) is 11.1. The van der Waals surface area contributed by atoms with Gasteiger partial charge in [0, 0.05) is 17.8 Å². The largest absolute Gasteiger partial charge is 0.352 e. The van der Waals surface area contributed by atoms with E-state index in [4.69, 9.17) is 0 Å². The second-order valence-electron chi connectivity index (χ2n) is 5.80. The SMILES string of the molecule is Cc1cccc(CCCNC(=O)c2cccc(NS(C)(=O)=O)c2)c1. The van der Waals surface area contributed by atoms with Crippen LogP contribution >= 0.6 is 0 Å². The Morgan fingerprint density at radius 2 is 1.83 bits per heavy atom. The van der Waals surface area contributed by atoms with Crippen LogP contribution in [0.1, 0.15) is 27.9 Å². The van der Waals surface area contributed by atoms with Crippen LogP contribution in [0.2, 0.25) is 0 Å². The number of carbonyl (C=O) groups is 1. The summed E-state index contributed by atoms with van der Waals surface area (Å²) in [5, 5.41) is 2.86. The molecule has 0 radical (unpaired) electrons. The Kier molecular flexibility index (Phi) is 5.98. The maximum absolute atomic E-state index is 12.1. The van der Waals surface area contributed by atoms with Gasteiger partial charge < -0.3 is 5.32 Å². The summed E-state index contributed by atoms with van der Waals surface area (Å²) in [4.78, 5) is 12.1. The molecule has 0 aliphatic heterocycles. The third-order valence-electron chi connectivity index (χ3n) is 3.44. The molecule has 0 unspecified atom stereocenters. The molecule has 0 bridgehead atoms. The van der Waals surface area contributed by atoms with Crippen molar-refractivity contribution in [3.63, 3.8) is 0 Å². The van der Waals surface area contributed by atoms with Crippen LogP contribution < -0.4 is 10.0 Å². The van der Waals surface area contributed by atoms with E-state index in [9.17, 15) is 13.2 Å². The average molecular weight is 346 g/mol. The lowest BCUT2D eigenvalue weighted by Crippen LogP contribution is -2.25. The van der Waals surface area contributed by atoms with Crippen molar-refractivity contribution in [1.82, 2.24) is 5.32 Å². The molecule has 0 aromatic heterocycles. The minimum absolute atomic E-state index is 0.212. The first-order valence-corrected chi connectivity index (χ1v) is 9.64. The van der Waals surface area contributed by atoms with E-state index in [1.54, 1.807) is 18.2 Å². The average Bonchev–Trinajstić information content (AvgIpc) is 2.50. The standard InChI is InChI=1S/C18H22N2O3S/c1-14-6-3-7-15(12-14)8-5-11-19-18(21)16-9-4-10-17(13-16)20-24(2,22)23/h3-4,6-7,9-10,12-13,20H,5,8,11H2,1-2H3,(H,19,21). The first kappa shape index (κ1) is 18.0. The molecular weight excluding hydrogens is 324 g/mol. The minimum Gasteiger partial charge on any atom is -0.352 e. The summed E-state index contributed by atoms with van der Waals surface area (Å²) >= 11 is 0. The molecule has 0 saturated carbocycles. The van der Waals surface area contributed by atoms with Crippen molar-refractivity contribution >= 4 is 21.6 Å². The van der Waals surface area contributed by atoms with Crippen molar-refractivity contribution in [2.45, 2.75) is 19.8 Å². The Hall–Kier alpha value is -2.34. The maximum Gasteiger partial charge on any atom is 0.251 e. The fourth-order valence-corrected chi connectivity index (χ4v) is 2.96. The monoisotopic (exact) mass is 346 g/mol. The number of hydrogen-bond acceptors (Lipinski definition) is 3. The van der Waals surface area contributed by atoms with E-state index >= 15 is 0 Å². The first-order chi connectivity index (χ1) is 11.3. The van der Waals surface area contributed by atoms with Gasteiger partial charge in [0.05, 0.1) is 6.26 Å². The number of benzene rings is 2. The molecule has 2 aromatic carbocycles. The summed E-state index contributed by atoms with van der Waals surface area (Å²) in [6.45, 7) is 2.62. The van der Waals surface area contributed by atoms with Gasteiger partial charge in [-0.25, -0.2) is 8.42 Å². The number of sulfonamides is 1. The van der Waals surface area contributed by atoms with Gasteiger partial charge in [0.15, 0.2) is 0 Å². The van der Waals surface area contributed by atoms with Gasteiger partial charge in [0.1, 0.15) is 0 Å². The number of hydrogen-bond donors (Lipinski definition) is 2. The lowest BCUT2D eigenvalue weighted by molar-refractivity contribution is 0.0953. The molecule has 1 amide bonds. The third-order valence-corrected chi connectivity index (χ3v) is 4.04. The van der Waals surface area contributed by atoms with Crippen molar-refractivity contribution in [2.75, 3.05) is 17.5 Å². The van der Waals surface area contributed by atoms with Gasteiger partial charge >= 0.3 is 0 Å². The van der Waals surface area contributed by atoms with E-state index in [1.165, 1.54) is 17.2 Å². The van der Waals surface area contributed by atoms with E-state index in [2.05, 4.69) is 35.2 Å².